The lowest BCUT2D eigenvalue weighted by atomic mass is 9.90. The highest BCUT2D eigenvalue weighted by Gasteiger charge is 2.43. The van der Waals surface area contributed by atoms with Gasteiger partial charge in [-0.05, 0) is 54.8 Å². The number of benzene rings is 3. The fourth-order valence-electron chi connectivity index (χ4n) is 6.78. The van der Waals surface area contributed by atoms with Gasteiger partial charge in [-0.3, -0.25) is 23.5 Å². The summed E-state index contributed by atoms with van der Waals surface area (Å²) in [5.41, 5.74) is 5.86. The van der Waals surface area contributed by atoms with E-state index < -0.39 is 66.1 Å². The summed E-state index contributed by atoms with van der Waals surface area (Å²) >= 11 is 0. The van der Waals surface area contributed by atoms with E-state index in [4.69, 9.17) is 24.7 Å². The van der Waals surface area contributed by atoms with Gasteiger partial charge in [-0.1, -0.05) is 24.3 Å². The van der Waals surface area contributed by atoms with Crippen LogP contribution in [0.5, 0.6) is 5.75 Å². The number of phenols is 1. The first-order valence-corrected chi connectivity index (χ1v) is 24.1. The normalized spacial score (nSPS) is 17.8. The summed E-state index contributed by atoms with van der Waals surface area (Å²) in [7, 11) is -16.9. The molecule has 1 aromatic heterocycles. The Labute approximate surface area is 376 Å². The highest BCUT2D eigenvalue weighted by Crippen LogP contribution is 2.66. The maximum atomic E-state index is 13.1. The number of aliphatic hydroxyl groups is 1. The second-order valence-corrected chi connectivity index (χ2v) is 19.0. The van der Waals surface area contributed by atoms with Crippen LogP contribution in [-0.2, 0) is 36.4 Å². The van der Waals surface area contributed by atoms with Crippen LogP contribution in [0, 0.1) is 11.8 Å². The smallest absolute Gasteiger partial charge is 0.490 e. The van der Waals surface area contributed by atoms with Gasteiger partial charge in [0.15, 0.2) is 5.43 Å². The summed E-state index contributed by atoms with van der Waals surface area (Å²) < 4.78 is 58.5. The maximum Gasteiger partial charge on any atom is 0.490 e. The number of anilines is 1. The molecule has 0 spiro atoms. The zero-order valence-corrected chi connectivity index (χ0v) is 37.1. The van der Waals surface area contributed by atoms with Crippen LogP contribution >= 0.6 is 23.5 Å². The quantitative estimate of drug-likeness (QED) is 0.0261. The van der Waals surface area contributed by atoms with E-state index in [2.05, 4.69) is 40.6 Å². The lowest BCUT2D eigenvalue weighted by Crippen LogP contribution is -2.29. The number of hydrogen-bond acceptors (Lipinski definition) is 17. The molecule has 25 nitrogen and oxygen atoms in total. The number of carboxylic acid groups (broad SMARTS) is 1. The number of carbonyl (C=O) groups excluding carboxylic acids is 2. The molecule has 67 heavy (non-hydrogen) atoms. The van der Waals surface area contributed by atoms with E-state index >= 15 is 0 Å². The number of phenolic OH excluding ortho intramolecular Hbond substituents is 1. The minimum absolute atomic E-state index is 0.0253. The number of rotatable bonds is 18. The van der Waals surface area contributed by atoms with Crippen molar-refractivity contribution < 1.29 is 85.3 Å². The molecule has 0 radical (unpaired) electrons. The second-order valence-electron chi connectivity index (χ2n) is 14.6. The molecule has 2 amide bonds. The van der Waals surface area contributed by atoms with Crippen LogP contribution in [0.15, 0.2) is 74.8 Å². The monoisotopic (exact) mass is 991 g/mol. The number of phosphoric ester groups is 1. The Morgan fingerprint density at radius 3 is 2.40 bits per heavy atom. The van der Waals surface area contributed by atoms with Crippen molar-refractivity contribution >= 4 is 58.0 Å². The first-order valence-electron chi connectivity index (χ1n) is 19.6. The standard InChI is InChI=1S/C39H40N5O20P3/c40-36-22(19-44(39(52)43-36)34-18-29(47)32(62-34)20-60-66(56,57)64-67(58,59)63-65(53,54)55)5-4-14-41-33(48)6-2-1-3-13-42-37(49)21-7-10-25(28(15-21)38(50)51)35-26-11-8-23(45)16-30(26)61-31-17-24(46)9-12-27(31)35/h7-12,15-17,19,29,32,34,45,47H,1-3,6,13-14,18,20H2,(H,41,48)(H,42,49)(H,50,51)(H,56,57)(H,58,59)(H2,40,43,52)(H2,53,54,55). The fourth-order valence-corrected chi connectivity index (χ4v) is 9.81. The van der Waals surface area contributed by atoms with Gasteiger partial charge in [0.1, 0.15) is 35.2 Å². The van der Waals surface area contributed by atoms with Gasteiger partial charge in [-0.2, -0.15) is 13.6 Å². The number of unbranched alkanes of at least 4 members (excludes halogenated alkanes) is 2. The molecule has 0 bridgehead atoms. The van der Waals surface area contributed by atoms with E-state index in [0.717, 1.165) is 10.8 Å². The molecule has 1 fully saturated rings. The van der Waals surface area contributed by atoms with Gasteiger partial charge in [0.05, 0.1) is 30.4 Å². The molecule has 11 N–H and O–H groups in total. The second kappa shape index (κ2) is 20.8. The maximum absolute atomic E-state index is 13.1. The Bertz CT molecular complexity index is 3030. The van der Waals surface area contributed by atoms with Crippen LogP contribution in [0.1, 0.15) is 64.6 Å². The van der Waals surface area contributed by atoms with Crippen molar-refractivity contribution in [2.45, 2.75) is 50.5 Å². The van der Waals surface area contributed by atoms with Crippen molar-refractivity contribution in [3.05, 3.63) is 98.2 Å². The van der Waals surface area contributed by atoms with Crippen molar-refractivity contribution in [1.29, 1.82) is 0 Å². The molecule has 3 heterocycles. The number of ether oxygens (including phenoxy) is 1. The molecule has 2 aromatic carbocycles. The van der Waals surface area contributed by atoms with Crippen molar-refractivity contribution in [3.63, 3.8) is 0 Å². The van der Waals surface area contributed by atoms with Gasteiger partial charge in [-0.15, -0.1) is 0 Å². The van der Waals surface area contributed by atoms with E-state index in [0.29, 0.717) is 35.8 Å². The van der Waals surface area contributed by atoms with Crippen molar-refractivity contribution in [2.75, 3.05) is 25.4 Å². The highest BCUT2D eigenvalue weighted by atomic mass is 31.3. The van der Waals surface area contributed by atoms with Gasteiger partial charge in [0.25, 0.3) is 5.91 Å². The highest BCUT2D eigenvalue weighted by molar-refractivity contribution is 7.66. The van der Waals surface area contributed by atoms with Crippen LogP contribution in [0.4, 0.5) is 5.82 Å². The third-order valence-electron chi connectivity index (χ3n) is 9.73. The molecule has 3 aliphatic rings. The van der Waals surface area contributed by atoms with Gasteiger partial charge in [0.2, 0.25) is 5.91 Å². The summed E-state index contributed by atoms with van der Waals surface area (Å²) in [6, 6.07) is 12.6. The van der Waals surface area contributed by atoms with Crippen LogP contribution in [0.25, 0.3) is 33.4 Å². The predicted molar refractivity (Wildman–Crippen MR) is 231 cm³/mol. The molecule has 2 aliphatic heterocycles. The molecule has 5 atom stereocenters. The molecule has 1 aliphatic carbocycles. The molecule has 3 aromatic rings. The molecule has 1 saturated heterocycles. The van der Waals surface area contributed by atoms with E-state index in [1.54, 1.807) is 6.07 Å². The summed E-state index contributed by atoms with van der Waals surface area (Å²) in [5, 5.41) is 36.5. The van der Waals surface area contributed by atoms with Crippen molar-refractivity contribution in [2.24, 2.45) is 0 Å². The number of nitrogens with one attached hydrogen (secondary N) is 2. The SMILES string of the molecule is Nc1nc(=O)n(C2CC(O)C(COP(=O)(O)OP(=O)(O)OP(=O)(O)O)O2)cc1C#CCNC(=O)CCCCCNC(=O)c1ccc(-c2c3ccc(=O)cc-3oc3cc(O)ccc23)c(C(=O)O)c1. The number of aromatic nitrogens is 2. The number of phosphoric acid groups is 3. The Morgan fingerprint density at radius 2 is 1.67 bits per heavy atom. The van der Waals surface area contributed by atoms with Crippen molar-refractivity contribution in [1.82, 2.24) is 20.2 Å². The minimum Gasteiger partial charge on any atom is -0.508 e. The fraction of sp³-hybridized carbons (Fsp3) is 0.282. The number of nitrogen functional groups attached to an aromatic ring is 1. The van der Waals surface area contributed by atoms with Gasteiger partial charge in [0, 0.05) is 59.8 Å². The number of amides is 2. The summed E-state index contributed by atoms with van der Waals surface area (Å²) in [4.78, 5) is 103. The number of carbonyl (C=O) groups is 3. The first kappa shape index (κ1) is 50.3. The van der Waals surface area contributed by atoms with E-state index in [1.807, 2.05) is 0 Å². The topological polar surface area (TPSA) is 396 Å². The molecule has 6 rings (SSSR count). The Hall–Kier alpha value is -6.09. The molecule has 356 valence electrons. The van der Waals surface area contributed by atoms with Gasteiger partial charge < -0.3 is 60.4 Å². The third kappa shape index (κ3) is 13.3. The van der Waals surface area contributed by atoms with E-state index in [1.165, 1.54) is 48.5 Å². The number of hydrogen-bond donors (Lipinski definition) is 10. The van der Waals surface area contributed by atoms with Crippen LogP contribution < -0.4 is 27.5 Å². The van der Waals surface area contributed by atoms with Crippen LogP contribution in [0.2, 0.25) is 0 Å². The average molecular weight is 992 g/mol. The number of fused-ring (bicyclic) bond motifs is 2. The number of nitrogens with zero attached hydrogens (tertiary/aromatic N) is 2. The van der Waals surface area contributed by atoms with E-state index in [9.17, 15) is 62.8 Å². The zero-order valence-electron chi connectivity index (χ0n) is 34.4. The lowest BCUT2D eigenvalue weighted by molar-refractivity contribution is -0.121. The van der Waals surface area contributed by atoms with Gasteiger partial charge >= 0.3 is 35.1 Å². The number of aromatic hydroxyl groups is 1. The van der Waals surface area contributed by atoms with Gasteiger partial charge in [-0.25, -0.2) is 23.3 Å². The zero-order chi connectivity index (χ0) is 48.8. The summed E-state index contributed by atoms with van der Waals surface area (Å²) in [6.07, 6.45) is -1.67. The molecular formula is C39H40N5O20P3. The number of carboxylic acids is 1. The average Bonchev–Trinajstić information content (AvgIpc) is 3.60. The van der Waals surface area contributed by atoms with E-state index in [-0.39, 0.29) is 82.4 Å². The Morgan fingerprint density at radius 1 is 0.925 bits per heavy atom. The third-order valence-corrected chi connectivity index (χ3v) is 13.5. The Balaban J connectivity index is 0.957. The molecule has 5 unspecified atom stereocenters. The first-order chi connectivity index (χ1) is 31.5. The minimum atomic E-state index is -5.79. The molecule has 28 heteroatoms. The van der Waals surface area contributed by atoms with Crippen molar-refractivity contribution in [3.8, 4) is 40.0 Å². The van der Waals surface area contributed by atoms with Crippen LogP contribution in [-0.4, -0.2) is 94.1 Å². The molecular weight excluding hydrogens is 951 g/mol. The summed E-state index contributed by atoms with van der Waals surface area (Å²) in [6.45, 7) is -0.888. The molecule has 0 saturated carbocycles. The lowest BCUT2D eigenvalue weighted by Gasteiger charge is -2.19. The number of aliphatic hydroxyl groups excluding tert-OH is 1. The number of nitrogens with two attached hydrogens (primary N) is 1. The largest absolute Gasteiger partial charge is 0.508 e. The summed E-state index contributed by atoms with van der Waals surface area (Å²) in [5.74, 6) is 2.95. The predicted octanol–water partition coefficient (Wildman–Crippen LogP) is 2.56. The Kier molecular flexibility index (Phi) is 15.6. The van der Waals surface area contributed by atoms with Crippen LogP contribution in [0.3, 0.4) is 0 Å². The number of aromatic carboxylic acids is 1.